The van der Waals surface area contributed by atoms with Crippen molar-refractivity contribution in [2.45, 2.75) is 143 Å². The Bertz CT molecular complexity index is 1410. The van der Waals surface area contributed by atoms with Crippen molar-refractivity contribution in [2.24, 2.45) is 0 Å². The Morgan fingerprint density at radius 2 is 0.808 bits per heavy atom. The van der Waals surface area contributed by atoms with Gasteiger partial charge in [-0.25, -0.2) is 0 Å². The predicted octanol–water partition coefficient (Wildman–Crippen LogP) is 6.90. The van der Waals surface area contributed by atoms with E-state index in [9.17, 15) is 9.59 Å². The Balaban J connectivity index is 0.000000216. The van der Waals surface area contributed by atoms with Crippen LogP contribution < -0.4 is 5.46 Å². The van der Waals surface area contributed by atoms with Crippen molar-refractivity contribution in [3.8, 4) is 0 Å². The monoisotopic (exact) mass is 786 g/mol. The normalized spacial score (nSPS) is 21.4. The molecular formula is C38H58B3BrO10. The van der Waals surface area contributed by atoms with Gasteiger partial charge in [-0.2, -0.15) is 0 Å². The molecule has 10 nitrogen and oxygen atoms in total. The zero-order chi connectivity index (χ0) is 39.3. The minimum absolute atomic E-state index is 0.176. The lowest BCUT2D eigenvalue weighted by atomic mass is 9.49. The quantitative estimate of drug-likeness (QED) is 0.207. The molecule has 286 valence electrons. The molecule has 0 atom stereocenters. The number of benzene rings is 2. The van der Waals surface area contributed by atoms with E-state index >= 15 is 0 Å². The van der Waals surface area contributed by atoms with Crippen LogP contribution in [0.3, 0.4) is 0 Å². The number of ether oxygens (including phenoxy) is 2. The summed E-state index contributed by atoms with van der Waals surface area (Å²) in [5.41, 5.74) is 0.727. The van der Waals surface area contributed by atoms with Crippen molar-refractivity contribution >= 4 is 54.5 Å². The average Bonchev–Trinajstić information content (AvgIpc) is 3.48. The number of hydrogen-bond donors (Lipinski definition) is 0. The molecule has 0 aliphatic carbocycles. The van der Waals surface area contributed by atoms with Gasteiger partial charge in [0.05, 0.1) is 59.7 Å². The van der Waals surface area contributed by atoms with Crippen molar-refractivity contribution in [3.63, 3.8) is 0 Å². The van der Waals surface area contributed by atoms with E-state index in [0.717, 1.165) is 21.1 Å². The summed E-state index contributed by atoms with van der Waals surface area (Å²) in [6, 6.07) is 15.3. The number of carbonyl (C=O) groups excluding carboxylic acids is 2. The third-order valence-electron chi connectivity index (χ3n) is 10.5. The topological polar surface area (TPSA) is 108 Å². The van der Waals surface area contributed by atoms with Gasteiger partial charge >= 0.3 is 33.1 Å². The molecule has 0 spiro atoms. The second kappa shape index (κ2) is 17.1. The van der Waals surface area contributed by atoms with E-state index in [0.29, 0.717) is 19.6 Å². The van der Waals surface area contributed by atoms with Crippen molar-refractivity contribution in [1.82, 2.24) is 0 Å². The lowest BCUT2D eigenvalue weighted by Crippen LogP contribution is -2.41. The van der Waals surface area contributed by atoms with Gasteiger partial charge in [0.25, 0.3) is 0 Å². The van der Waals surface area contributed by atoms with E-state index in [4.69, 9.17) is 37.4 Å². The minimum Gasteiger partial charge on any atom is -0.466 e. The fraction of sp³-hybridized carbons (Fsp3) is 0.632. The lowest BCUT2D eigenvalue weighted by Gasteiger charge is -2.32. The molecule has 3 aliphatic rings. The number of hydrogen-bond acceptors (Lipinski definition) is 10. The van der Waals surface area contributed by atoms with Crippen molar-refractivity contribution in [3.05, 3.63) is 64.1 Å². The van der Waals surface area contributed by atoms with Gasteiger partial charge in [-0.05, 0) is 126 Å². The maximum atomic E-state index is 11.5. The van der Waals surface area contributed by atoms with Gasteiger partial charge in [-0.1, -0.05) is 52.3 Å². The van der Waals surface area contributed by atoms with E-state index in [1.807, 2.05) is 132 Å². The van der Waals surface area contributed by atoms with Crippen LogP contribution in [0.1, 0.15) is 108 Å². The van der Waals surface area contributed by atoms with Crippen LogP contribution in [0.5, 0.6) is 0 Å². The highest BCUT2D eigenvalue weighted by Crippen LogP contribution is 2.43. The molecule has 3 aliphatic heterocycles. The second-order valence-corrected chi connectivity index (χ2v) is 17.1. The molecule has 3 fully saturated rings. The molecule has 0 N–H and O–H groups in total. The first-order valence-corrected chi connectivity index (χ1v) is 18.9. The summed E-state index contributed by atoms with van der Waals surface area (Å²) in [6.07, 6.45) is 0.638. The number of halogens is 1. The van der Waals surface area contributed by atoms with Crippen LogP contribution in [-0.4, -0.2) is 79.9 Å². The largest absolute Gasteiger partial charge is 0.494 e. The summed E-state index contributed by atoms with van der Waals surface area (Å²) in [5.74, 6) is -0.384. The second-order valence-electron chi connectivity index (χ2n) is 16.2. The van der Waals surface area contributed by atoms with Crippen LogP contribution in [0.4, 0.5) is 0 Å². The predicted molar refractivity (Wildman–Crippen MR) is 209 cm³/mol. The molecule has 14 heteroatoms. The fourth-order valence-electron chi connectivity index (χ4n) is 5.13. The third-order valence-corrected chi connectivity index (χ3v) is 11.0. The van der Waals surface area contributed by atoms with Gasteiger partial charge in [-0.15, -0.1) is 0 Å². The van der Waals surface area contributed by atoms with Crippen LogP contribution in [-0.2, 0) is 59.8 Å². The Labute approximate surface area is 321 Å². The summed E-state index contributed by atoms with van der Waals surface area (Å²) in [4.78, 5) is 22.5. The summed E-state index contributed by atoms with van der Waals surface area (Å²) < 4.78 is 46.6. The maximum Gasteiger partial charge on any atom is 0.494 e. The summed E-state index contributed by atoms with van der Waals surface area (Å²) >= 11 is 3.33. The van der Waals surface area contributed by atoms with Crippen LogP contribution in [0, 0.1) is 0 Å². The summed E-state index contributed by atoms with van der Waals surface area (Å²) in [6.45, 7) is 28.8. The molecule has 0 aromatic heterocycles. The Morgan fingerprint density at radius 1 is 0.519 bits per heavy atom. The third kappa shape index (κ3) is 11.2. The van der Waals surface area contributed by atoms with Crippen LogP contribution in [0.25, 0.3) is 0 Å². The molecule has 0 radical (unpaired) electrons. The van der Waals surface area contributed by atoms with Gasteiger partial charge in [-0.3, -0.25) is 9.59 Å². The standard InChI is InChI=1S/C16H23BO4.C12H24B2O4.C10H11BrO2/c1-6-19-14(18)11-12-7-9-13(10-8-12)17-20-15(2,3)16(4,5)21-17;1-9(2)10(3,4)16-13(15-9)14-17-11(5,6)12(7,8)18-14;1-2-13-10(12)7-8-3-5-9(11)6-4-8/h7-10H,6,11H2,1-5H3;1-8H3;3-6H,2,7H2,1H3. The Hall–Kier alpha value is -2.19. The molecule has 3 saturated heterocycles. The van der Waals surface area contributed by atoms with Crippen molar-refractivity contribution in [2.75, 3.05) is 13.2 Å². The molecule has 0 unspecified atom stereocenters. The summed E-state index contributed by atoms with van der Waals surface area (Å²) in [5, 5.41) is 0. The van der Waals surface area contributed by atoms with E-state index < -0.39 is 14.0 Å². The highest BCUT2D eigenvalue weighted by Gasteiger charge is 2.63. The molecule has 52 heavy (non-hydrogen) atoms. The smallest absolute Gasteiger partial charge is 0.466 e. The molecule has 0 amide bonds. The van der Waals surface area contributed by atoms with Crippen LogP contribution >= 0.6 is 15.9 Å². The number of esters is 2. The van der Waals surface area contributed by atoms with Crippen LogP contribution in [0.15, 0.2) is 53.0 Å². The van der Waals surface area contributed by atoms with Gasteiger partial charge < -0.3 is 37.4 Å². The molecule has 3 heterocycles. The van der Waals surface area contributed by atoms with Crippen molar-refractivity contribution in [1.29, 1.82) is 0 Å². The van der Waals surface area contributed by atoms with Crippen LogP contribution in [0.2, 0.25) is 0 Å². The van der Waals surface area contributed by atoms with E-state index in [-0.39, 0.29) is 59.1 Å². The highest BCUT2D eigenvalue weighted by molar-refractivity contribution is 9.10. The van der Waals surface area contributed by atoms with E-state index in [1.54, 1.807) is 13.8 Å². The average molecular weight is 787 g/mol. The zero-order valence-corrected chi connectivity index (χ0v) is 35.2. The molecule has 0 saturated carbocycles. The highest BCUT2D eigenvalue weighted by atomic mass is 79.9. The van der Waals surface area contributed by atoms with Gasteiger partial charge in [0, 0.05) is 4.47 Å². The fourth-order valence-corrected chi connectivity index (χ4v) is 5.40. The SMILES string of the molecule is CC1(C)OB(B2OC(C)(C)C(C)(C)O2)OC1(C)C.CCOC(=O)Cc1ccc(B2OC(C)(C)C(C)(C)O2)cc1.CCOC(=O)Cc1ccc(Br)cc1. The molecule has 2 aromatic rings. The maximum absolute atomic E-state index is 11.5. The first-order valence-electron chi connectivity index (χ1n) is 18.1. The first kappa shape index (κ1) is 44.2. The van der Waals surface area contributed by atoms with Gasteiger partial charge in [0.15, 0.2) is 0 Å². The van der Waals surface area contributed by atoms with Crippen molar-refractivity contribution < 1.29 is 47.0 Å². The first-order chi connectivity index (χ1) is 23.8. The van der Waals surface area contributed by atoms with Gasteiger partial charge in [0.2, 0.25) is 0 Å². The Kier molecular flexibility index (Phi) is 14.5. The Morgan fingerprint density at radius 3 is 1.12 bits per heavy atom. The molecule has 5 rings (SSSR count). The number of carbonyl (C=O) groups is 2. The van der Waals surface area contributed by atoms with E-state index in [2.05, 4.69) is 15.9 Å². The van der Waals surface area contributed by atoms with E-state index in [1.165, 1.54) is 0 Å². The summed E-state index contributed by atoms with van der Waals surface area (Å²) in [7, 11) is -1.32. The van der Waals surface area contributed by atoms with Gasteiger partial charge in [0.1, 0.15) is 0 Å². The zero-order valence-electron chi connectivity index (χ0n) is 33.6. The minimum atomic E-state index is -0.476. The molecule has 2 aromatic carbocycles. The molecular weight excluding hydrogens is 729 g/mol. The molecule has 0 bridgehead atoms. The lowest BCUT2D eigenvalue weighted by molar-refractivity contribution is -0.143. The number of rotatable bonds is 8.